The second-order valence-electron chi connectivity index (χ2n) is 6.21. The monoisotopic (exact) mass is 400 g/mol. The van der Waals surface area contributed by atoms with Gasteiger partial charge in [0.15, 0.2) is 5.13 Å². The number of rotatable bonds is 12. The highest BCUT2D eigenvalue weighted by atomic mass is 32.2. The highest BCUT2D eigenvalue weighted by Gasteiger charge is 2.14. The number of carbonyl (C=O) groups excluding carboxylic acids is 2. The van der Waals surface area contributed by atoms with E-state index in [2.05, 4.69) is 25.2 Å². The maximum atomic E-state index is 12.1. The van der Waals surface area contributed by atoms with E-state index in [0.717, 1.165) is 57.6 Å². The zero-order valence-electron chi connectivity index (χ0n) is 15.0. The first-order chi connectivity index (χ1) is 12.7. The number of nitrogens with zero attached hydrogens (tertiary/aromatic N) is 2. The lowest BCUT2D eigenvalue weighted by molar-refractivity contribution is -0.116. The van der Waals surface area contributed by atoms with E-state index in [4.69, 9.17) is 5.14 Å². The van der Waals surface area contributed by atoms with E-state index in [1.54, 1.807) is 5.38 Å². The van der Waals surface area contributed by atoms with Crippen molar-refractivity contribution in [1.29, 1.82) is 0 Å². The highest BCUT2D eigenvalue weighted by Crippen LogP contribution is 2.16. The molecule has 26 heavy (non-hydrogen) atoms. The quantitative estimate of drug-likeness (QED) is 0.311. The molecule has 10 heteroatoms. The van der Waals surface area contributed by atoms with E-state index < -0.39 is 0 Å². The molecule has 2 heterocycles. The summed E-state index contributed by atoms with van der Waals surface area (Å²) in [6.45, 7) is 4.57. The molecule has 5 N–H and O–H groups in total. The van der Waals surface area contributed by atoms with Gasteiger partial charge < -0.3 is 15.5 Å². The first kappa shape index (κ1) is 21.1. The Hall–Kier alpha value is -1.20. The van der Waals surface area contributed by atoms with Crippen LogP contribution >= 0.6 is 23.5 Å². The first-order valence-corrected chi connectivity index (χ1v) is 10.8. The molecule has 0 aromatic carbocycles. The van der Waals surface area contributed by atoms with Crippen molar-refractivity contribution >= 4 is 40.4 Å². The number of hydrogen-bond acceptors (Lipinski definition) is 8. The Labute approximate surface area is 162 Å². The van der Waals surface area contributed by atoms with Crippen LogP contribution in [0.3, 0.4) is 0 Å². The zero-order valence-corrected chi connectivity index (χ0v) is 16.6. The molecule has 0 atom stereocenters. The molecule has 0 unspecified atom stereocenters. The second-order valence-corrected chi connectivity index (χ2v) is 7.60. The summed E-state index contributed by atoms with van der Waals surface area (Å²) in [5.41, 5.74) is 0.358. The topological polar surface area (TPSA) is 112 Å². The van der Waals surface area contributed by atoms with Crippen LogP contribution in [0.25, 0.3) is 0 Å². The highest BCUT2D eigenvalue weighted by molar-refractivity contribution is 7.95. The lowest BCUT2D eigenvalue weighted by atomic mass is 10.2. The van der Waals surface area contributed by atoms with Crippen molar-refractivity contribution in [2.24, 2.45) is 5.14 Å². The molecule has 8 nitrogen and oxygen atoms in total. The molecular formula is C16H28N6O2S2. The van der Waals surface area contributed by atoms with Gasteiger partial charge in [0.1, 0.15) is 5.69 Å². The number of nitrogens with one attached hydrogen (secondary N) is 3. The molecule has 146 valence electrons. The summed E-state index contributed by atoms with van der Waals surface area (Å²) in [4.78, 5) is 30.6. The van der Waals surface area contributed by atoms with Crippen LogP contribution in [0.4, 0.5) is 5.13 Å². The van der Waals surface area contributed by atoms with Gasteiger partial charge in [0, 0.05) is 43.6 Å². The normalized spacial score (nSPS) is 14.5. The number of likely N-dealkylation sites (tertiary alicyclic amines) is 1. The summed E-state index contributed by atoms with van der Waals surface area (Å²) >= 11 is 2.39. The van der Waals surface area contributed by atoms with Gasteiger partial charge in [-0.15, -0.1) is 11.3 Å². The standard InChI is InChI=1S/C16H28N6O2S2/c17-26-19-7-3-1-2-6-14(23)21-16-20-13(12-25-16)15(24)18-8-11-22-9-4-5-10-22/h12,19H,1-11,17H2,(H,18,24)(H,20,21,23). The van der Waals surface area contributed by atoms with Crippen LogP contribution in [-0.4, -0.2) is 54.4 Å². The van der Waals surface area contributed by atoms with Gasteiger partial charge in [-0.05, 0) is 38.8 Å². The third kappa shape index (κ3) is 8.00. The van der Waals surface area contributed by atoms with Gasteiger partial charge in [0.2, 0.25) is 5.91 Å². The summed E-state index contributed by atoms with van der Waals surface area (Å²) in [7, 11) is 0. The molecule has 2 amide bonds. The minimum absolute atomic E-state index is 0.0681. The molecule has 0 spiro atoms. The molecule has 0 saturated carbocycles. The van der Waals surface area contributed by atoms with Crippen molar-refractivity contribution in [3.8, 4) is 0 Å². The number of amides is 2. The lowest BCUT2D eigenvalue weighted by Gasteiger charge is -2.14. The van der Waals surface area contributed by atoms with E-state index in [1.807, 2.05) is 0 Å². The zero-order chi connectivity index (χ0) is 18.6. The Bertz CT molecular complexity index is 563. The number of nitrogens with two attached hydrogens (primary N) is 1. The Kier molecular flexibility index (Phi) is 9.93. The van der Waals surface area contributed by atoms with Crippen LogP contribution in [0.1, 0.15) is 49.0 Å². The van der Waals surface area contributed by atoms with Crippen molar-refractivity contribution < 1.29 is 9.59 Å². The van der Waals surface area contributed by atoms with Crippen molar-refractivity contribution in [1.82, 2.24) is 19.9 Å². The molecule has 1 saturated heterocycles. The number of unbranched alkanes of at least 4 members (excludes halogenated alkanes) is 2. The Morgan fingerprint density at radius 2 is 2.04 bits per heavy atom. The SMILES string of the molecule is NSNCCCCCC(=O)Nc1nc(C(=O)NCCN2CCCC2)cs1. The predicted molar refractivity (Wildman–Crippen MR) is 107 cm³/mol. The Morgan fingerprint density at radius 3 is 2.81 bits per heavy atom. The molecule has 1 aliphatic heterocycles. The minimum atomic E-state index is -0.189. The summed E-state index contributed by atoms with van der Waals surface area (Å²) in [6, 6.07) is 0. The van der Waals surface area contributed by atoms with Crippen molar-refractivity contribution in [3.05, 3.63) is 11.1 Å². The van der Waals surface area contributed by atoms with Crippen LogP contribution in [0.15, 0.2) is 5.38 Å². The molecule has 1 aliphatic rings. The molecule has 0 radical (unpaired) electrons. The smallest absolute Gasteiger partial charge is 0.270 e. The minimum Gasteiger partial charge on any atom is -0.349 e. The molecule has 2 rings (SSSR count). The van der Waals surface area contributed by atoms with Gasteiger partial charge >= 0.3 is 0 Å². The van der Waals surface area contributed by atoms with Crippen molar-refractivity contribution in [3.63, 3.8) is 0 Å². The first-order valence-electron chi connectivity index (χ1n) is 9.03. The summed E-state index contributed by atoms with van der Waals surface area (Å²) in [5, 5.41) is 13.1. The fourth-order valence-corrected chi connectivity index (χ4v) is 3.73. The van der Waals surface area contributed by atoms with Crippen LogP contribution in [-0.2, 0) is 4.79 Å². The number of carbonyl (C=O) groups is 2. The summed E-state index contributed by atoms with van der Waals surface area (Å²) < 4.78 is 2.96. The van der Waals surface area contributed by atoms with Crippen LogP contribution < -0.4 is 20.5 Å². The van der Waals surface area contributed by atoms with Gasteiger partial charge in [-0.3, -0.25) is 19.5 Å². The lowest BCUT2D eigenvalue weighted by Crippen LogP contribution is -2.33. The number of hydrogen-bond donors (Lipinski definition) is 4. The Morgan fingerprint density at radius 1 is 1.23 bits per heavy atom. The average Bonchev–Trinajstić information content (AvgIpc) is 3.30. The molecule has 1 aromatic heterocycles. The molecule has 0 aliphatic carbocycles. The van der Waals surface area contributed by atoms with E-state index >= 15 is 0 Å². The van der Waals surface area contributed by atoms with Gasteiger partial charge in [0.25, 0.3) is 5.91 Å². The van der Waals surface area contributed by atoms with Crippen LogP contribution in [0.2, 0.25) is 0 Å². The van der Waals surface area contributed by atoms with Crippen LogP contribution in [0, 0.1) is 0 Å². The third-order valence-electron chi connectivity index (χ3n) is 4.16. The molecule has 0 bridgehead atoms. The number of thiazole rings is 1. The third-order valence-corrected chi connectivity index (χ3v) is 5.29. The van der Waals surface area contributed by atoms with E-state index in [0.29, 0.717) is 23.8 Å². The fraction of sp³-hybridized carbons (Fsp3) is 0.688. The fourth-order valence-electron chi connectivity index (χ4n) is 2.76. The largest absolute Gasteiger partial charge is 0.349 e. The summed E-state index contributed by atoms with van der Waals surface area (Å²) in [5.74, 6) is -0.257. The van der Waals surface area contributed by atoms with Crippen LogP contribution in [0.5, 0.6) is 0 Å². The second kappa shape index (κ2) is 12.2. The summed E-state index contributed by atoms with van der Waals surface area (Å²) in [6.07, 6.45) is 5.70. The van der Waals surface area contributed by atoms with Gasteiger partial charge in [-0.2, -0.15) is 0 Å². The predicted octanol–water partition coefficient (Wildman–Crippen LogP) is 1.58. The molecular weight excluding hydrogens is 372 g/mol. The Balaban J connectivity index is 1.61. The number of aromatic nitrogens is 1. The van der Waals surface area contributed by atoms with E-state index in [-0.39, 0.29) is 11.8 Å². The molecule has 1 aromatic rings. The van der Waals surface area contributed by atoms with E-state index in [1.165, 1.54) is 24.2 Å². The maximum absolute atomic E-state index is 12.1. The van der Waals surface area contributed by atoms with Gasteiger partial charge in [0.05, 0.1) is 0 Å². The van der Waals surface area contributed by atoms with Gasteiger partial charge in [-0.25, -0.2) is 4.98 Å². The average molecular weight is 401 g/mol. The molecule has 1 fully saturated rings. The number of anilines is 1. The van der Waals surface area contributed by atoms with Gasteiger partial charge in [-0.1, -0.05) is 6.42 Å². The van der Waals surface area contributed by atoms with Crippen molar-refractivity contribution in [2.45, 2.75) is 38.5 Å². The maximum Gasteiger partial charge on any atom is 0.270 e. The van der Waals surface area contributed by atoms with E-state index in [9.17, 15) is 9.59 Å². The van der Waals surface area contributed by atoms with Crippen molar-refractivity contribution in [2.75, 3.05) is 38.0 Å².